The second-order valence-electron chi connectivity index (χ2n) is 27.3. The smallest absolute Gasteiger partial charge is 0.462 e. The van der Waals surface area contributed by atoms with E-state index in [2.05, 4.69) is 149 Å². The Hall–Kier alpha value is -4.80. The second kappa shape index (κ2) is 78.3. The van der Waals surface area contributed by atoms with Crippen LogP contribution in [0.4, 0.5) is 0 Å². The lowest BCUT2D eigenvalue weighted by atomic mass is 10.0. The molecule has 5 unspecified atom stereocenters. The van der Waals surface area contributed by atoms with Crippen LogP contribution in [-0.2, 0) is 65.4 Å². The van der Waals surface area contributed by atoms with Crippen molar-refractivity contribution < 1.29 is 80.2 Å². The average Bonchev–Trinajstić information content (AvgIpc) is 0.909. The van der Waals surface area contributed by atoms with Gasteiger partial charge in [0.1, 0.15) is 19.3 Å². The SMILES string of the molecule is CC/C=C\C/C=C\C/C=C\C/C=C\C/C=C\CCCCCC(=O)OCC(COP(=O)(O)OCC(O)COP(=O)(O)OCC(COC(=O)CCC/C=C\C/C=C\C/C=C\C/C=C\C/C=C\CC)OC(=O)CCCCCCCCCCCCCCCCC)OC(=O)CCCCCCC/C=C\CCCCCCCC. The van der Waals surface area contributed by atoms with Crippen LogP contribution in [0.25, 0.3) is 0 Å². The number of phosphoric acid groups is 2. The van der Waals surface area contributed by atoms with Gasteiger partial charge in [-0.1, -0.05) is 309 Å². The summed E-state index contributed by atoms with van der Waals surface area (Å²) < 4.78 is 68.6. The molecule has 0 spiro atoms. The van der Waals surface area contributed by atoms with E-state index in [0.29, 0.717) is 32.1 Å². The van der Waals surface area contributed by atoms with E-state index < -0.39 is 97.5 Å². The van der Waals surface area contributed by atoms with E-state index in [9.17, 15) is 43.2 Å². The van der Waals surface area contributed by atoms with Crippen molar-refractivity contribution in [2.45, 2.75) is 354 Å². The molecular formula is C87H148O17P2. The van der Waals surface area contributed by atoms with Gasteiger partial charge in [0, 0.05) is 25.7 Å². The van der Waals surface area contributed by atoms with Gasteiger partial charge in [0.15, 0.2) is 12.2 Å². The number of hydrogen-bond donors (Lipinski definition) is 3. The number of carbonyl (C=O) groups is 4. The highest BCUT2D eigenvalue weighted by atomic mass is 31.2. The van der Waals surface area contributed by atoms with E-state index in [1.54, 1.807) is 0 Å². The zero-order chi connectivity index (χ0) is 77.4. The minimum absolute atomic E-state index is 0.0741. The first-order chi connectivity index (χ1) is 51.7. The molecule has 5 atom stereocenters. The van der Waals surface area contributed by atoms with Crippen LogP contribution in [0.5, 0.6) is 0 Å². The van der Waals surface area contributed by atoms with E-state index in [1.807, 2.05) is 12.2 Å². The Balaban J connectivity index is 5.44. The summed E-state index contributed by atoms with van der Waals surface area (Å²) in [5.74, 6) is -2.28. The molecule has 608 valence electrons. The average molecular weight is 1530 g/mol. The van der Waals surface area contributed by atoms with Gasteiger partial charge in [-0.25, -0.2) is 9.13 Å². The predicted molar refractivity (Wildman–Crippen MR) is 436 cm³/mol. The van der Waals surface area contributed by atoms with Crippen LogP contribution in [-0.4, -0.2) is 96.7 Å². The van der Waals surface area contributed by atoms with Gasteiger partial charge >= 0.3 is 39.5 Å². The summed E-state index contributed by atoms with van der Waals surface area (Å²) in [4.78, 5) is 73.1. The molecule has 0 saturated carbocycles. The largest absolute Gasteiger partial charge is 0.472 e. The van der Waals surface area contributed by atoms with Crippen LogP contribution in [0.1, 0.15) is 336 Å². The Morgan fingerprint density at radius 1 is 0.274 bits per heavy atom. The number of unbranched alkanes of at least 4 members (excludes halogenated alkanes) is 29. The normalized spacial score (nSPS) is 14.5. The van der Waals surface area contributed by atoms with Gasteiger partial charge < -0.3 is 33.8 Å². The van der Waals surface area contributed by atoms with Crippen molar-refractivity contribution in [1.82, 2.24) is 0 Å². The number of aliphatic hydroxyl groups excluding tert-OH is 1. The fraction of sp³-hybridized carbons (Fsp3) is 0.701. The minimum atomic E-state index is -4.99. The molecule has 0 aromatic rings. The third-order valence-electron chi connectivity index (χ3n) is 17.1. The summed E-state index contributed by atoms with van der Waals surface area (Å²) in [6, 6.07) is 0. The van der Waals surface area contributed by atoms with Gasteiger partial charge in [-0.3, -0.25) is 37.3 Å². The zero-order valence-electron chi connectivity index (χ0n) is 66.6. The highest BCUT2D eigenvalue weighted by molar-refractivity contribution is 7.47. The Labute approximate surface area is 644 Å². The molecular weight excluding hydrogens is 1380 g/mol. The van der Waals surface area contributed by atoms with E-state index in [-0.39, 0.29) is 25.7 Å². The lowest BCUT2D eigenvalue weighted by Gasteiger charge is -2.21. The molecule has 0 saturated heterocycles. The van der Waals surface area contributed by atoms with Gasteiger partial charge in [0.05, 0.1) is 26.4 Å². The van der Waals surface area contributed by atoms with Crippen molar-refractivity contribution in [1.29, 1.82) is 0 Å². The minimum Gasteiger partial charge on any atom is -0.462 e. The standard InChI is InChI=1S/C87H148O17P2/c1-5-9-13-17-21-25-29-33-37-39-40-42-46-48-52-56-60-64-68-72-85(90)98-78-83(104-87(92)74-70-66-62-58-54-50-44-36-32-28-24-20-16-12-8-4)80-102-106(95,96)100-76-81(88)75-99-105(93,94)101-79-82(103-86(91)73-69-65-61-57-53-49-43-35-31-27-23-19-15-11-7-3)77-97-84(89)71-67-63-59-55-51-47-45-41-38-34-30-26-22-18-14-10-6-2/h9-10,13-14,21-22,25-26,33-34,36-38,40,42,44-45,47-48,52,55,59,81-83,88H,5-8,11-12,15-20,23-24,27-32,35,39,41,43,46,49-51,53-54,56-58,60-80H2,1-4H3,(H,93,94)(H,95,96)/b13-9-,14-10-,25-21-,26-22-,37-33-,38-34-,42-40-,44-36-,47-45-,52-48-,59-55-. The number of carbonyl (C=O) groups excluding carboxylic acids is 4. The molecule has 0 aromatic carbocycles. The van der Waals surface area contributed by atoms with Crippen LogP contribution in [0.3, 0.4) is 0 Å². The third kappa shape index (κ3) is 77.4. The lowest BCUT2D eigenvalue weighted by Crippen LogP contribution is -2.30. The van der Waals surface area contributed by atoms with E-state index in [1.165, 1.54) is 103 Å². The molecule has 0 rings (SSSR count). The quantitative estimate of drug-likeness (QED) is 0.0169. The van der Waals surface area contributed by atoms with E-state index in [4.69, 9.17) is 37.0 Å². The number of rotatable bonds is 77. The summed E-state index contributed by atoms with van der Waals surface area (Å²) >= 11 is 0. The molecule has 0 bridgehead atoms. The highest BCUT2D eigenvalue weighted by Crippen LogP contribution is 2.45. The summed E-state index contributed by atoms with van der Waals surface area (Å²) in [5.41, 5.74) is 0. The third-order valence-corrected chi connectivity index (χ3v) is 19.0. The van der Waals surface area contributed by atoms with Crippen molar-refractivity contribution in [2.75, 3.05) is 39.6 Å². The van der Waals surface area contributed by atoms with E-state index in [0.717, 1.165) is 148 Å². The number of esters is 4. The highest BCUT2D eigenvalue weighted by Gasteiger charge is 2.30. The van der Waals surface area contributed by atoms with Crippen LogP contribution >= 0.6 is 15.6 Å². The van der Waals surface area contributed by atoms with Gasteiger partial charge in [-0.15, -0.1) is 0 Å². The zero-order valence-corrected chi connectivity index (χ0v) is 68.4. The molecule has 106 heavy (non-hydrogen) atoms. The first kappa shape index (κ1) is 101. The first-order valence-electron chi connectivity index (χ1n) is 41.4. The Morgan fingerprint density at radius 2 is 0.500 bits per heavy atom. The fourth-order valence-electron chi connectivity index (χ4n) is 10.9. The van der Waals surface area contributed by atoms with Crippen molar-refractivity contribution in [3.8, 4) is 0 Å². The Bertz CT molecular complexity index is 2530. The molecule has 0 amide bonds. The molecule has 19 heteroatoms. The van der Waals surface area contributed by atoms with Crippen LogP contribution in [0.15, 0.2) is 134 Å². The van der Waals surface area contributed by atoms with Crippen LogP contribution < -0.4 is 0 Å². The molecule has 17 nitrogen and oxygen atoms in total. The summed E-state index contributed by atoms with van der Waals surface area (Å²) in [5, 5.41) is 10.7. The molecule has 0 radical (unpaired) electrons. The maximum absolute atomic E-state index is 13.1. The van der Waals surface area contributed by atoms with Crippen molar-refractivity contribution in [3.63, 3.8) is 0 Å². The van der Waals surface area contributed by atoms with Crippen molar-refractivity contribution in [3.05, 3.63) is 134 Å². The predicted octanol–water partition coefficient (Wildman–Crippen LogP) is 24.4. The number of phosphoric ester groups is 2. The Kier molecular flexibility index (Phi) is 74.8. The molecule has 0 heterocycles. The van der Waals surface area contributed by atoms with Crippen LogP contribution in [0.2, 0.25) is 0 Å². The molecule has 0 aliphatic carbocycles. The number of ether oxygens (including phenoxy) is 4. The maximum atomic E-state index is 13.1. The van der Waals surface area contributed by atoms with Gasteiger partial charge in [-0.05, 0) is 135 Å². The summed E-state index contributed by atoms with van der Waals surface area (Å²) in [7, 11) is -9.99. The van der Waals surface area contributed by atoms with Crippen molar-refractivity contribution in [2.24, 2.45) is 0 Å². The monoisotopic (exact) mass is 1530 g/mol. The van der Waals surface area contributed by atoms with Crippen molar-refractivity contribution >= 4 is 39.5 Å². The summed E-state index contributed by atoms with van der Waals surface area (Å²) in [6.07, 6.45) is 88.6. The first-order valence-corrected chi connectivity index (χ1v) is 44.4. The van der Waals surface area contributed by atoms with Gasteiger partial charge in [-0.2, -0.15) is 0 Å². The fourth-order valence-corrected chi connectivity index (χ4v) is 12.4. The lowest BCUT2D eigenvalue weighted by molar-refractivity contribution is -0.161. The second-order valence-corrected chi connectivity index (χ2v) is 30.2. The topological polar surface area (TPSA) is 237 Å². The molecule has 0 aliphatic heterocycles. The number of aliphatic hydroxyl groups is 1. The van der Waals surface area contributed by atoms with Gasteiger partial charge in [0.2, 0.25) is 0 Å². The number of allylic oxidation sites excluding steroid dienone is 22. The molecule has 0 aliphatic rings. The van der Waals surface area contributed by atoms with Gasteiger partial charge in [0.25, 0.3) is 0 Å². The number of hydrogen-bond acceptors (Lipinski definition) is 15. The maximum Gasteiger partial charge on any atom is 0.472 e. The Morgan fingerprint density at radius 3 is 0.811 bits per heavy atom. The van der Waals surface area contributed by atoms with E-state index >= 15 is 0 Å². The summed E-state index contributed by atoms with van der Waals surface area (Å²) in [6.45, 7) is 4.57. The molecule has 0 fully saturated rings. The molecule has 0 aromatic heterocycles. The van der Waals surface area contributed by atoms with Crippen LogP contribution in [0, 0.1) is 0 Å². The molecule has 3 N–H and O–H groups in total.